The van der Waals surface area contributed by atoms with Crippen LogP contribution in [-0.4, -0.2) is 46.5 Å². The van der Waals surface area contributed by atoms with Crippen LogP contribution in [0.4, 0.5) is 0 Å². The number of rotatable bonds is 4. The molecule has 1 saturated heterocycles. The van der Waals surface area contributed by atoms with Gasteiger partial charge in [-0.15, -0.1) is 0 Å². The minimum absolute atomic E-state index is 0.123. The highest BCUT2D eigenvalue weighted by Gasteiger charge is 2.30. The normalized spacial score (nSPS) is 21.9. The molecule has 132 valence electrons. The summed E-state index contributed by atoms with van der Waals surface area (Å²) < 4.78 is 0. The number of nitrogens with one attached hydrogen (secondary N) is 2. The van der Waals surface area contributed by atoms with E-state index < -0.39 is 0 Å². The van der Waals surface area contributed by atoms with Crippen molar-refractivity contribution in [1.82, 2.24) is 20.2 Å². The van der Waals surface area contributed by atoms with Gasteiger partial charge in [0.1, 0.15) is 11.4 Å². The predicted molar refractivity (Wildman–Crippen MR) is 93.3 cm³/mol. The molecule has 1 atom stereocenters. The number of carbonyl (C=O) groups excluding carboxylic acids is 1. The maximum atomic E-state index is 12.6. The minimum atomic E-state index is -0.349. The quantitative estimate of drug-likeness (QED) is 0.878. The van der Waals surface area contributed by atoms with E-state index in [0.29, 0.717) is 11.5 Å². The third-order valence-electron chi connectivity index (χ3n) is 4.86. The number of hydrogen-bond acceptors (Lipinski definition) is 4. The Kier molecular flexibility index (Phi) is 4.51. The Balaban J connectivity index is 1.68. The number of aromatic amines is 1. The molecule has 0 aromatic carbocycles. The maximum Gasteiger partial charge on any atom is 0.264 e. The first-order valence-corrected chi connectivity index (χ1v) is 8.88. The van der Waals surface area contributed by atoms with Gasteiger partial charge in [0.2, 0.25) is 0 Å². The Labute approximate surface area is 143 Å². The molecular formula is C18H28N4O2. The van der Waals surface area contributed by atoms with Crippen LogP contribution in [-0.2, 0) is 5.41 Å². The van der Waals surface area contributed by atoms with E-state index in [1.165, 1.54) is 12.8 Å². The fourth-order valence-corrected chi connectivity index (χ4v) is 3.25. The van der Waals surface area contributed by atoms with Gasteiger partial charge in [0.25, 0.3) is 11.5 Å². The molecule has 1 aliphatic carbocycles. The van der Waals surface area contributed by atoms with Gasteiger partial charge < -0.3 is 15.2 Å². The summed E-state index contributed by atoms with van der Waals surface area (Å²) in [6.07, 6.45) is 3.63. The van der Waals surface area contributed by atoms with Crippen LogP contribution in [0.2, 0.25) is 0 Å². The number of hydrogen-bond donors (Lipinski definition) is 2. The maximum absolute atomic E-state index is 12.6. The topological polar surface area (TPSA) is 78.1 Å². The van der Waals surface area contributed by atoms with Crippen molar-refractivity contribution in [3.63, 3.8) is 0 Å². The fourth-order valence-electron chi connectivity index (χ4n) is 3.25. The van der Waals surface area contributed by atoms with Gasteiger partial charge in [-0.2, -0.15) is 0 Å². The van der Waals surface area contributed by atoms with Crippen LogP contribution in [0, 0.1) is 12.8 Å². The zero-order chi connectivity index (χ0) is 17.5. The first kappa shape index (κ1) is 17.1. The lowest BCUT2D eigenvalue weighted by Crippen LogP contribution is -2.40. The van der Waals surface area contributed by atoms with Crippen molar-refractivity contribution in [2.24, 2.45) is 5.92 Å². The predicted octanol–water partition coefficient (Wildman–Crippen LogP) is 1.59. The molecule has 2 N–H and O–H groups in total. The molecule has 1 saturated carbocycles. The second-order valence-electron chi connectivity index (χ2n) is 8.29. The average Bonchev–Trinajstić information content (AvgIpc) is 3.16. The molecule has 0 radical (unpaired) electrons. The van der Waals surface area contributed by atoms with Gasteiger partial charge in [-0.1, -0.05) is 20.8 Å². The number of likely N-dealkylation sites (tertiary alicyclic amines) is 1. The summed E-state index contributed by atoms with van der Waals surface area (Å²) >= 11 is 0. The molecule has 0 bridgehead atoms. The van der Waals surface area contributed by atoms with Crippen molar-refractivity contribution in [2.45, 2.75) is 58.4 Å². The molecule has 24 heavy (non-hydrogen) atoms. The molecule has 6 heteroatoms. The molecule has 1 aromatic heterocycles. The number of aromatic nitrogens is 2. The van der Waals surface area contributed by atoms with Crippen molar-refractivity contribution in [3.05, 3.63) is 27.4 Å². The zero-order valence-corrected chi connectivity index (χ0v) is 15.1. The van der Waals surface area contributed by atoms with E-state index in [0.717, 1.165) is 32.0 Å². The van der Waals surface area contributed by atoms with Gasteiger partial charge >= 0.3 is 0 Å². The molecule has 2 heterocycles. The highest BCUT2D eigenvalue weighted by Crippen LogP contribution is 2.30. The molecule has 6 nitrogen and oxygen atoms in total. The lowest BCUT2D eigenvalue weighted by Gasteiger charge is -2.19. The largest absolute Gasteiger partial charge is 0.348 e. The number of H-pyrrole nitrogens is 1. The van der Waals surface area contributed by atoms with Gasteiger partial charge in [-0.3, -0.25) is 9.59 Å². The van der Waals surface area contributed by atoms with E-state index in [9.17, 15) is 9.59 Å². The smallest absolute Gasteiger partial charge is 0.264 e. The average molecular weight is 332 g/mol. The summed E-state index contributed by atoms with van der Waals surface area (Å²) in [6, 6.07) is 0.123. The highest BCUT2D eigenvalue weighted by atomic mass is 16.2. The zero-order valence-electron chi connectivity index (χ0n) is 15.1. The van der Waals surface area contributed by atoms with Crippen molar-refractivity contribution >= 4 is 5.91 Å². The van der Waals surface area contributed by atoms with Crippen molar-refractivity contribution < 1.29 is 4.79 Å². The lowest BCUT2D eigenvalue weighted by molar-refractivity contribution is 0.0934. The van der Waals surface area contributed by atoms with E-state index >= 15 is 0 Å². The summed E-state index contributed by atoms with van der Waals surface area (Å²) in [7, 11) is 0. The second kappa shape index (κ2) is 6.31. The van der Waals surface area contributed by atoms with E-state index in [2.05, 4.69) is 20.2 Å². The second-order valence-corrected chi connectivity index (χ2v) is 8.29. The van der Waals surface area contributed by atoms with Gasteiger partial charge in [0.05, 0.1) is 5.69 Å². The lowest BCUT2D eigenvalue weighted by atomic mass is 9.95. The van der Waals surface area contributed by atoms with Crippen LogP contribution in [0.3, 0.4) is 0 Å². The molecular weight excluding hydrogens is 304 g/mol. The number of amides is 1. The van der Waals surface area contributed by atoms with E-state index in [4.69, 9.17) is 0 Å². The Hall–Kier alpha value is -1.69. The molecule has 0 unspecified atom stereocenters. The highest BCUT2D eigenvalue weighted by molar-refractivity contribution is 5.95. The summed E-state index contributed by atoms with van der Waals surface area (Å²) in [5.41, 5.74) is 0.0312. The molecule has 1 amide bonds. The van der Waals surface area contributed by atoms with Crippen LogP contribution in [0.1, 0.15) is 61.9 Å². The minimum Gasteiger partial charge on any atom is -0.348 e. The van der Waals surface area contributed by atoms with Gasteiger partial charge in [0.15, 0.2) is 0 Å². The van der Waals surface area contributed by atoms with Crippen molar-refractivity contribution in [1.29, 1.82) is 0 Å². The standard InChI is InChI=1S/C18H28N4O2/c1-11-14(16(24)21-17(19-11)18(2,3)4)15(23)20-13-7-8-22(10-13)9-12-5-6-12/h12-13H,5-10H2,1-4H3,(H,20,23)(H,19,21,24)/t13-/m0/s1. The monoisotopic (exact) mass is 332 g/mol. The molecule has 1 aromatic rings. The van der Waals surface area contributed by atoms with Crippen LogP contribution < -0.4 is 10.9 Å². The van der Waals surface area contributed by atoms with Crippen LogP contribution in [0.5, 0.6) is 0 Å². The Bertz CT molecular complexity index is 685. The summed E-state index contributed by atoms with van der Waals surface area (Å²) in [5, 5.41) is 3.02. The van der Waals surface area contributed by atoms with Crippen LogP contribution in [0.15, 0.2) is 4.79 Å². The van der Waals surface area contributed by atoms with Crippen molar-refractivity contribution in [2.75, 3.05) is 19.6 Å². The van der Waals surface area contributed by atoms with E-state index in [1.807, 2.05) is 20.8 Å². The molecule has 2 fully saturated rings. The Morgan fingerprint density at radius 1 is 1.33 bits per heavy atom. The summed E-state index contributed by atoms with van der Waals surface area (Å²) in [6.45, 7) is 10.7. The fraction of sp³-hybridized carbons (Fsp3) is 0.722. The number of carbonyl (C=O) groups is 1. The number of aryl methyl sites for hydroxylation is 1. The first-order valence-electron chi connectivity index (χ1n) is 8.88. The van der Waals surface area contributed by atoms with Crippen LogP contribution in [0.25, 0.3) is 0 Å². The summed E-state index contributed by atoms with van der Waals surface area (Å²) in [5.74, 6) is 1.16. The Morgan fingerprint density at radius 2 is 2.04 bits per heavy atom. The summed E-state index contributed by atoms with van der Waals surface area (Å²) in [4.78, 5) is 34.6. The van der Waals surface area contributed by atoms with Gasteiger partial charge in [-0.25, -0.2) is 4.98 Å². The van der Waals surface area contributed by atoms with Gasteiger partial charge in [-0.05, 0) is 32.1 Å². The molecule has 1 aliphatic heterocycles. The molecule has 0 spiro atoms. The van der Waals surface area contributed by atoms with Gasteiger partial charge in [0, 0.05) is 31.1 Å². The third-order valence-corrected chi connectivity index (χ3v) is 4.86. The number of nitrogens with zero attached hydrogens (tertiary/aromatic N) is 2. The van der Waals surface area contributed by atoms with Crippen molar-refractivity contribution in [3.8, 4) is 0 Å². The first-order chi connectivity index (χ1) is 11.2. The Morgan fingerprint density at radius 3 is 2.62 bits per heavy atom. The molecule has 3 rings (SSSR count). The SMILES string of the molecule is Cc1nc(C(C)(C)C)[nH]c(=O)c1C(=O)N[C@H]1CCN(CC2CC2)C1. The van der Waals surface area contributed by atoms with E-state index in [-0.39, 0.29) is 28.5 Å². The van der Waals surface area contributed by atoms with E-state index in [1.54, 1.807) is 6.92 Å². The molecule has 2 aliphatic rings. The van der Waals surface area contributed by atoms with Crippen LogP contribution >= 0.6 is 0 Å². The third kappa shape index (κ3) is 3.86.